The lowest BCUT2D eigenvalue weighted by molar-refractivity contribution is -0.107. The van der Waals surface area contributed by atoms with Gasteiger partial charge < -0.3 is 0 Å². The molecule has 50 valence electrons. The lowest BCUT2D eigenvalue weighted by Crippen LogP contribution is -2.18. The number of hydrogen-bond donors (Lipinski definition) is 0. The van der Waals surface area contributed by atoms with Gasteiger partial charge in [0.05, 0.1) is 13.2 Å². The summed E-state index contributed by atoms with van der Waals surface area (Å²) in [6.07, 6.45) is 7.94. The summed E-state index contributed by atoms with van der Waals surface area (Å²) < 4.78 is 0. The molecule has 0 atom stereocenters. The van der Waals surface area contributed by atoms with Crippen LogP contribution in [0.4, 0.5) is 0 Å². The Kier molecular flexibility index (Phi) is 2.33. The van der Waals surface area contributed by atoms with Crippen LogP contribution in [0.15, 0.2) is 24.4 Å². The zero-order chi connectivity index (χ0) is 6.53. The van der Waals surface area contributed by atoms with Crippen LogP contribution in [0, 0.1) is 0 Å². The maximum absolute atomic E-state index is 5.18. The van der Waals surface area contributed by atoms with Gasteiger partial charge in [-0.15, -0.1) is 0 Å². The highest BCUT2D eigenvalue weighted by Crippen LogP contribution is 1.97. The molecule has 1 rings (SSSR count). The van der Waals surface area contributed by atoms with Gasteiger partial charge in [0.15, 0.2) is 0 Å². The molecule has 1 heterocycles. The van der Waals surface area contributed by atoms with Crippen molar-refractivity contribution < 1.29 is 4.84 Å². The van der Waals surface area contributed by atoms with E-state index >= 15 is 0 Å². The van der Waals surface area contributed by atoms with Gasteiger partial charge in [0.1, 0.15) is 0 Å². The van der Waals surface area contributed by atoms with Crippen LogP contribution in [0.5, 0.6) is 0 Å². The normalized spacial score (nSPS) is 16.8. The molecule has 2 heteroatoms. The molecule has 0 aliphatic carbocycles. The highest BCUT2D eigenvalue weighted by Gasteiger charge is 1.95. The molecule has 1 aliphatic rings. The maximum atomic E-state index is 5.18. The Balaban J connectivity index is 2.28. The van der Waals surface area contributed by atoms with Crippen LogP contribution in [0.1, 0.15) is 6.92 Å². The topological polar surface area (TPSA) is 12.5 Å². The number of hydroxylamine groups is 2. The number of allylic oxidation sites excluding steroid dienone is 2. The van der Waals surface area contributed by atoms with Crippen molar-refractivity contribution >= 4 is 0 Å². The summed E-state index contributed by atoms with van der Waals surface area (Å²) in [7, 11) is 0. The summed E-state index contributed by atoms with van der Waals surface area (Å²) in [5.74, 6) is 0. The first-order valence-corrected chi connectivity index (χ1v) is 3.16. The van der Waals surface area contributed by atoms with Crippen LogP contribution in [-0.4, -0.2) is 18.2 Å². The third-order valence-electron chi connectivity index (χ3n) is 1.08. The minimum atomic E-state index is 0.734. The van der Waals surface area contributed by atoms with Crippen LogP contribution in [0.2, 0.25) is 0 Å². The van der Waals surface area contributed by atoms with Crippen molar-refractivity contribution in [3.8, 4) is 0 Å². The molecule has 9 heavy (non-hydrogen) atoms. The molecule has 0 saturated carbocycles. The largest absolute Gasteiger partial charge is 0.274 e. The molecule has 0 fully saturated rings. The average Bonchev–Trinajstić information content (AvgIpc) is 1.91. The smallest absolute Gasteiger partial charge is 0.0720 e. The Hall–Kier alpha value is -0.760. The Morgan fingerprint density at radius 3 is 3.00 bits per heavy atom. The van der Waals surface area contributed by atoms with Gasteiger partial charge >= 0.3 is 0 Å². The fraction of sp³-hybridized carbons (Fsp3) is 0.429. The average molecular weight is 125 g/mol. The predicted octanol–water partition coefficient (Wildman–Crippen LogP) is 1.32. The van der Waals surface area contributed by atoms with Gasteiger partial charge in [0.25, 0.3) is 0 Å². The number of rotatable bonds is 2. The molecule has 0 aromatic carbocycles. The third kappa shape index (κ3) is 1.90. The van der Waals surface area contributed by atoms with Crippen LogP contribution in [-0.2, 0) is 4.84 Å². The van der Waals surface area contributed by atoms with E-state index in [0.717, 1.165) is 13.2 Å². The van der Waals surface area contributed by atoms with Gasteiger partial charge in [0.2, 0.25) is 0 Å². The quantitative estimate of drug-likeness (QED) is 0.552. The second-order valence-corrected chi connectivity index (χ2v) is 1.79. The van der Waals surface area contributed by atoms with Gasteiger partial charge in [-0.25, -0.2) is 0 Å². The van der Waals surface area contributed by atoms with Gasteiger partial charge in [-0.2, -0.15) is 0 Å². The highest BCUT2D eigenvalue weighted by molar-refractivity contribution is 5.06. The van der Waals surface area contributed by atoms with E-state index in [1.165, 1.54) is 0 Å². The maximum Gasteiger partial charge on any atom is 0.0720 e. The Bertz CT molecular complexity index is 129. The van der Waals surface area contributed by atoms with Crippen molar-refractivity contribution in [2.45, 2.75) is 6.92 Å². The molecule has 0 unspecified atom stereocenters. The molecule has 2 nitrogen and oxygen atoms in total. The third-order valence-corrected chi connectivity index (χ3v) is 1.08. The summed E-state index contributed by atoms with van der Waals surface area (Å²) in [6, 6.07) is 0. The molecule has 1 aliphatic heterocycles. The first kappa shape index (κ1) is 6.36. The second kappa shape index (κ2) is 3.30. The molecule has 0 spiro atoms. The fourth-order valence-corrected chi connectivity index (χ4v) is 0.711. The first-order valence-electron chi connectivity index (χ1n) is 3.16. The second-order valence-electron chi connectivity index (χ2n) is 1.79. The predicted molar refractivity (Wildman–Crippen MR) is 36.6 cm³/mol. The molecule has 0 aromatic rings. The molecule has 0 amide bonds. The first-order chi connectivity index (χ1) is 4.43. The van der Waals surface area contributed by atoms with E-state index in [4.69, 9.17) is 4.84 Å². The standard InChI is InChI=1S/C7H11NO/c1-2-9-8-6-4-3-5-7-8/h3-6H,2,7H2,1H3. The lowest BCUT2D eigenvalue weighted by Gasteiger charge is -2.18. The van der Waals surface area contributed by atoms with E-state index in [-0.39, 0.29) is 0 Å². The van der Waals surface area contributed by atoms with Crippen molar-refractivity contribution in [2.24, 2.45) is 0 Å². The van der Waals surface area contributed by atoms with Crippen molar-refractivity contribution in [3.63, 3.8) is 0 Å². The molecular weight excluding hydrogens is 114 g/mol. The van der Waals surface area contributed by atoms with Crippen molar-refractivity contribution in [1.29, 1.82) is 0 Å². The van der Waals surface area contributed by atoms with E-state index < -0.39 is 0 Å². The molecule has 0 bridgehead atoms. The van der Waals surface area contributed by atoms with Gasteiger partial charge in [0, 0.05) is 6.20 Å². The van der Waals surface area contributed by atoms with Gasteiger partial charge in [-0.05, 0) is 13.0 Å². The molecule has 0 aromatic heterocycles. The van der Waals surface area contributed by atoms with Crippen LogP contribution in [0.3, 0.4) is 0 Å². The van der Waals surface area contributed by atoms with E-state index in [0.29, 0.717) is 0 Å². The van der Waals surface area contributed by atoms with Gasteiger partial charge in [-0.3, -0.25) is 9.90 Å². The summed E-state index contributed by atoms with van der Waals surface area (Å²) in [5.41, 5.74) is 0. The minimum absolute atomic E-state index is 0.734. The van der Waals surface area contributed by atoms with Crippen molar-refractivity contribution in [3.05, 3.63) is 24.4 Å². The molecule has 0 radical (unpaired) electrons. The van der Waals surface area contributed by atoms with E-state index in [1.807, 2.05) is 25.3 Å². The number of hydrogen-bond acceptors (Lipinski definition) is 2. The highest BCUT2D eigenvalue weighted by atomic mass is 16.7. The summed E-state index contributed by atoms with van der Waals surface area (Å²) in [5, 5.41) is 1.81. The molecule has 0 saturated heterocycles. The monoisotopic (exact) mass is 125 g/mol. The minimum Gasteiger partial charge on any atom is -0.274 e. The Morgan fingerprint density at radius 1 is 1.56 bits per heavy atom. The van der Waals surface area contributed by atoms with Crippen LogP contribution < -0.4 is 0 Å². The lowest BCUT2D eigenvalue weighted by atomic mass is 10.4. The molecular formula is C7H11NO. The van der Waals surface area contributed by atoms with Crippen LogP contribution >= 0.6 is 0 Å². The molecule has 0 N–H and O–H groups in total. The SMILES string of the molecule is CCON1C=CC=CC1. The fourth-order valence-electron chi connectivity index (χ4n) is 0.711. The van der Waals surface area contributed by atoms with Crippen LogP contribution in [0.25, 0.3) is 0 Å². The summed E-state index contributed by atoms with van der Waals surface area (Å²) in [4.78, 5) is 5.18. The zero-order valence-corrected chi connectivity index (χ0v) is 5.58. The van der Waals surface area contributed by atoms with Crippen molar-refractivity contribution in [2.75, 3.05) is 13.2 Å². The van der Waals surface area contributed by atoms with E-state index in [2.05, 4.69) is 6.08 Å². The number of nitrogens with zero attached hydrogens (tertiary/aromatic N) is 1. The van der Waals surface area contributed by atoms with Gasteiger partial charge in [-0.1, -0.05) is 12.2 Å². The van der Waals surface area contributed by atoms with E-state index in [9.17, 15) is 0 Å². The van der Waals surface area contributed by atoms with Crippen molar-refractivity contribution in [1.82, 2.24) is 5.06 Å². The Morgan fingerprint density at radius 2 is 2.44 bits per heavy atom. The van der Waals surface area contributed by atoms with E-state index in [1.54, 1.807) is 5.06 Å². The summed E-state index contributed by atoms with van der Waals surface area (Å²) in [6.45, 7) is 3.58. The zero-order valence-electron chi connectivity index (χ0n) is 5.58. The Labute approximate surface area is 55.4 Å². The summed E-state index contributed by atoms with van der Waals surface area (Å²) >= 11 is 0.